The van der Waals surface area contributed by atoms with Gasteiger partial charge in [-0.1, -0.05) is 25.0 Å². The minimum Gasteiger partial charge on any atom is -0.455 e. The summed E-state index contributed by atoms with van der Waals surface area (Å²) >= 11 is 0. The van der Waals surface area contributed by atoms with E-state index < -0.39 is 0 Å². The number of fused-ring (bicyclic) bond motifs is 1. The Morgan fingerprint density at radius 2 is 1.54 bits per heavy atom. The average molecular weight is 346 g/mol. The van der Waals surface area contributed by atoms with Crippen molar-refractivity contribution < 1.29 is 14.3 Å². The topological polar surface area (TPSA) is 70.4 Å². The second kappa shape index (κ2) is 6.64. The third kappa shape index (κ3) is 2.74. The zero-order valence-electron chi connectivity index (χ0n) is 14.2. The van der Waals surface area contributed by atoms with Crippen LogP contribution in [0.4, 0.5) is 5.69 Å². The normalized spacial score (nSPS) is 22.0. The van der Waals surface area contributed by atoms with Crippen LogP contribution in [0.15, 0.2) is 48.5 Å². The zero-order chi connectivity index (χ0) is 18.1. The van der Waals surface area contributed by atoms with Crippen LogP contribution in [0.25, 0.3) is 0 Å². The molecule has 0 N–H and O–H groups in total. The Hall–Kier alpha value is -3.13. The lowest BCUT2D eigenvalue weighted by Gasteiger charge is -2.19. The van der Waals surface area contributed by atoms with Gasteiger partial charge >= 0.3 is 0 Å². The molecule has 1 saturated carbocycles. The molecule has 1 aliphatic carbocycles. The van der Waals surface area contributed by atoms with E-state index in [1.807, 2.05) is 0 Å². The number of nitrogens with zero attached hydrogens (tertiary/aromatic N) is 2. The van der Waals surface area contributed by atoms with Crippen molar-refractivity contribution in [2.24, 2.45) is 11.8 Å². The van der Waals surface area contributed by atoms with Gasteiger partial charge in [-0.3, -0.25) is 9.59 Å². The monoisotopic (exact) mass is 346 g/mol. The summed E-state index contributed by atoms with van der Waals surface area (Å²) in [5, 5.41) is 8.89. The number of imide groups is 1. The molecule has 1 aliphatic heterocycles. The molecule has 2 atom stereocenters. The average Bonchev–Trinajstić information content (AvgIpc) is 2.94. The predicted octanol–water partition coefficient (Wildman–Crippen LogP) is 4.03. The number of carbonyl (C=O) groups is 2. The Balaban J connectivity index is 1.66. The molecule has 0 spiro atoms. The molecular weight excluding hydrogens is 328 g/mol. The largest absolute Gasteiger partial charge is 0.455 e. The molecule has 5 nitrogen and oxygen atoms in total. The van der Waals surface area contributed by atoms with Gasteiger partial charge in [-0.15, -0.1) is 0 Å². The van der Waals surface area contributed by atoms with Gasteiger partial charge in [-0.2, -0.15) is 5.26 Å². The molecule has 1 heterocycles. The number of rotatable bonds is 3. The maximum atomic E-state index is 12.9. The van der Waals surface area contributed by atoms with Gasteiger partial charge in [0.05, 0.1) is 29.2 Å². The van der Waals surface area contributed by atoms with Crippen molar-refractivity contribution in [2.45, 2.75) is 25.7 Å². The summed E-state index contributed by atoms with van der Waals surface area (Å²) in [5.74, 6) is 0.384. The number of ether oxygens (including phenoxy) is 1. The van der Waals surface area contributed by atoms with E-state index in [-0.39, 0.29) is 23.7 Å². The van der Waals surface area contributed by atoms with Gasteiger partial charge in [-0.05, 0) is 49.2 Å². The smallest absolute Gasteiger partial charge is 0.237 e. The first-order valence-corrected chi connectivity index (χ1v) is 8.84. The van der Waals surface area contributed by atoms with Gasteiger partial charge in [0.15, 0.2) is 5.75 Å². The van der Waals surface area contributed by atoms with Crippen molar-refractivity contribution >= 4 is 17.5 Å². The van der Waals surface area contributed by atoms with Gasteiger partial charge < -0.3 is 4.74 Å². The van der Waals surface area contributed by atoms with Crippen LogP contribution < -0.4 is 9.64 Å². The van der Waals surface area contributed by atoms with Gasteiger partial charge in [0.25, 0.3) is 0 Å². The van der Waals surface area contributed by atoms with E-state index in [1.165, 1.54) is 4.90 Å². The Morgan fingerprint density at radius 3 is 2.15 bits per heavy atom. The standard InChI is InChI=1S/C21H18N2O3/c22-13-14-9-11-15(12-10-14)26-19-8-4-3-7-18(19)23-20(24)16-5-1-2-6-17(16)21(23)25/h3-4,7-12,16-17H,1-2,5-6H2/t16-,17-/m0/s1. The highest BCUT2D eigenvalue weighted by Crippen LogP contribution is 2.43. The lowest BCUT2D eigenvalue weighted by Crippen LogP contribution is -2.31. The number of anilines is 1. The summed E-state index contributed by atoms with van der Waals surface area (Å²) in [6.07, 6.45) is 3.56. The van der Waals surface area contributed by atoms with Crippen LogP contribution in [0.1, 0.15) is 31.2 Å². The Morgan fingerprint density at radius 1 is 0.923 bits per heavy atom. The molecule has 0 aromatic heterocycles. The van der Waals surface area contributed by atoms with Crippen molar-refractivity contribution in [3.05, 3.63) is 54.1 Å². The van der Waals surface area contributed by atoms with Crippen molar-refractivity contribution in [1.29, 1.82) is 5.26 Å². The SMILES string of the molecule is N#Cc1ccc(Oc2ccccc2N2C(=O)[C@H]3CCCC[C@@H]3C2=O)cc1. The molecule has 2 aromatic rings. The fraction of sp³-hybridized carbons (Fsp3) is 0.286. The van der Waals surface area contributed by atoms with Crippen molar-refractivity contribution in [1.82, 2.24) is 0 Å². The van der Waals surface area contributed by atoms with E-state index in [4.69, 9.17) is 10.00 Å². The first kappa shape index (κ1) is 16.3. The minimum atomic E-state index is -0.195. The second-order valence-electron chi connectivity index (χ2n) is 6.72. The van der Waals surface area contributed by atoms with Gasteiger partial charge in [0, 0.05) is 0 Å². The lowest BCUT2D eigenvalue weighted by atomic mass is 9.81. The summed E-state index contributed by atoms with van der Waals surface area (Å²) in [6, 6.07) is 15.9. The van der Waals surface area contributed by atoms with Gasteiger partial charge in [0.2, 0.25) is 11.8 Å². The van der Waals surface area contributed by atoms with Crippen LogP contribution >= 0.6 is 0 Å². The van der Waals surface area contributed by atoms with Gasteiger partial charge in [0.1, 0.15) is 5.75 Å². The Kier molecular flexibility index (Phi) is 4.18. The summed E-state index contributed by atoms with van der Waals surface area (Å²) < 4.78 is 5.92. The van der Waals surface area contributed by atoms with E-state index in [1.54, 1.807) is 48.5 Å². The molecule has 2 aromatic carbocycles. The Bertz CT molecular complexity index is 874. The summed E-state index contributed by atoms with van der Waals surface area (Å²) in [6.45, 7) is 0. The fourth-order valence-electron chi connectivity index (χ4n) is 3.85. The van der Waals surface area contributed by atoms with Crippen molar-refractivity contribution in [3.63, 3.8) is 0 Å². The Labute approximate surface area is 151 Å². The number of nitriles is 1. The molecule has 0 unspecified atom stereocenters. The highest BCUT2D eigenvalue weighted by atomic mass is 16.5. The van der Waals surface area contributed by atoms with Crippen LogP contribution in [0.5, 0.6) is 11.5 Å². The molecule has 2 fully saturated rings. The van der Waals surface area contributed by atoms with Crippen LogP contribution in [0.3, 0.4) is 0 Å². The minimum absolute atomic E-state index is 0.115. The molecule has 26 heavy (non-hydrogen) atoms. The molecule has 4 rings (SSSR count). The van der Waals surface area contributed by atoms with Crippen LogP contribution in [0, 0.1) is 23.2 Å². The number of carbonyl (C=O) groups excluding carboxylic acids is 2. The lowest BCUT2D eigenvalue weighted by molar-refractivity contribution is -0.122. The highest BCUT2D eigenvalue weighted by molar-refractivity contribution is 6.22. The van der Waals surface area contributed by atoms with E-state index in [2.05, 4.69) is 6.07 Å². The van der Waals surface area contributed by atoms with E-state index in [9.17, 15) is 9.59 Å². The fourth-order valence-corrected chi connectivity index (χ4v) is 3.85. The molecule has 2 aliphatic rings. The third-order valence-corrected chi connectivity index (χ3v) is 5.16. The summed E-state index contributed by atoms with van der Waals surface area (Å²) in [4.78, 5) is 27.0. The first-order valence-electron chi connectivity index (χ1n) is 8.84. The second-order valence-corrected chi connectivity index (χ2v) is 6.72. The number of benzene rings is 2. The highest BCUT2D eigenvalue weighted by Gasteiger charge is 2.49. The van der Waals surface area contributed by atoms with Gasteiger partial charge in [-0.25, -0.2) is 4.90 Å². The summed E-state index contributed by atoms with van der Waals surface area (Å²) in [5.41, 5.74) is 1.03. The molecule has 1 saturated heterocycles. The zero-order valence-corrected chi connectivity index (χ0v) is 14.2. The summed E-state index contributed by atoms with van der Waals surface area (Å²) in [7, 11) is 0. The maximum absolute atomic E-state index is 12.9. The van der Waals surface area contributed by atoms with Crippen LogP contribution in [-0.4, -0.2) is 11.8 Å². The number of hydrogen-bond donors (Lipinski definition) is 0. The van der Waals surface area contributed by atoms with Crippen LogP contribution in [0.2, 0.25) is 0 Å². The molecule has 0 bridgehead atoms. The van der Waals surface area contributed by atoms with Crippen molar-refractivity contribution in [3.8, 4) is 17.6 Å². The third-order valence-electron chi connectivity index (χ3n) is 5.16. The predicted molar refractivity (Wildman–Crippen MR) is 95.6 cm³/mol. The van der Waals surface area contributed by atoms with E-state index in [0.29, 0.717) is 22.7 Å². The molecule has 130 valence electrons. The number of hydrogen-bond acceptors (Lipinski definition) is 4. The van der Waals surface area contributed by atoms with E-state index in [0.717, 1.165) is 25.7 Å². The van der Waals surface area contributed by atoms with E-state index >= 15 is 0 Å². The van der Waals surface area contributed by atoms with Crippen molar-refractivity contribution in [2.75, 3.05) is 4.90 Å². The molecule has 2 amide bonds. The quantitative estimate of drug-likeness (QED) is 0.787. The first-order chi connectivity index (χ1) is 12.7. The maximum Gasteiger partial charge on any atom is 0.237 e. The number of para-hydroxylation sites is 2. The molecule has 0 radical (unpaired) electrons. The number of amides is 2. The van der Waals surface area contributed by atoms with Crippen LogP contribution in [-0.2, 0) is 9.59 Å². The molecular formula is C21H18N2O3. The molecule has 5 heteroatoms.